The van der Waals surface area contributed by atoms with E-state index in [9.17, 15) is 0 Å². The lowest BCUT2D eigenvalue weighted by Gasteiger charge is -2.37. The highest BCUT2D eigenvalue weighted by atomic mass is 16.5. The first kappa shape index (κ1) is 13.0. The summed E-state index contributed by atoms with van der Waals surface area (Å²) in [6.45, 7) is 9.69. The fourth-order valence-corrected chi connectivity index (χ4v) is 2.41. The summed E-state index contributed by atoms with van der Waals surface area (Å²) >= 11 is 0. The van der Waals surface area contributed by atoms with Crippen LogP contribution in [0.3, 0.4) is 0 Å². The Hall–Kier alpha value is -1.40. The SMILES string of the molecule is Cc1nc(NN)c(C)c(N2CC(C)OC(C)C2)n1. The standard InChI is InChI=1S/C12H21N5O/c1-7-5-17(6-8(2)18-7)12-9(3)11(16-13)14-10(4)15-12/h7-8H,5-6,13H2,1-4H3,(H,14,15,16). The van der Waals surface area contributed by atoms with E-state index in [0.29, 0.717) is 5.82 Å². The van der Waals surface area contributed by atoms with Crippen LogP contribution in [0.5, 0.6) is 0 Å². The highest BCUT2D eigenvalue weighted by Crippen LogP contribution is 2.25. The van der Waals surface area contributed by atoms with E-state index in [0.717, 1.165) is 30.3 Å². The minimum atomic E-state index is 0.206. The predicted octanol–water partition coefficient (Wildman–Crippen LogP) is 0.993. The summed E-state index contributed by atoms with van der Waals surface area (Å²) in [5.74, 6) is 7.83. The Labute approximate surface area is 108 Å². The molecular weight excluding hydrogens is 230 g/mol. The highest BCUT2D eigenvalue weighted by Gasteiger charge is 2.25. The van der Waals surface area contributed by atoms with E-state index in [1.165, 1.54) is 0 Å². The number of rotatable bonds is 2. The van der Waals surface area contributed by atoms with Crippen molar-refractivity contribution in [3.63, 3.8) is 0 Å². The number of nitrogen functional groups attached to an aromatic ring is 1. The molecule has 1 saturated heterocycles. The molecule has 100 valence electrons. The monoisotopic (exact) mass is 251 g/mol. The van der Waals surface area contributed by atoms with Crippen LogP contribution < -0.4 is 16.2 Å². The third-order valence-electron chi connectivity index (χ3n) is 3.09. The van der Waals surface area contributed by atoms with Crippen LogP contribution in [0.15, 0.2) is 0 Å². The van der Waals surface area contributed by atoms with Gasteiger partial charge in [-0.15, -0.1) is 0 Å². The molecule has 1 aromatic heterocycles. The number of nitrogens with one attached hydrogen (secondary N) is 1. The van der Waals surface area contributed by atoms with Crippen molar-refractivity contribution in [3.8, 4) is 0 Å². The molecule has 6 nitrogen and oxygen atoms in total. The van der Waals surface area contributed by atoms with Crippen molar-refractivity contribution in [3.05, 3.63) is 11.4 Å². The largest absolute Gasteiger partial charge is 0.372 e. The third kappa shape index (κ3) is 2.54. The molecule has 1 aliphatic heterocycles. The number of aromatic nitrogens is 2. The van der Waals surface area contributed by atoms with Crippen LogP contribution in [0.25, 0.3) is 0 Å². The molecule has 0 aromatic carbocycles. The molecule has 0 saturated carbocycles. The highest BCUT2D eigenvalue weighted by molar-refractivity contribution is 5.58. The van der Waals surface area contributed by atoms with Gasteiger partial charge in [0.2, 0.25) is 0 Å². The number of hydrogen-bond acceptors (Lipinski definition) is 6. The molecule has 0 aliphatic carbocycles. The van der Waals surface area contributed by atoms with E-state index in [1.54, 1.807) is 0 Å². The summed E-state index contributed by atoms with van der Waals surface area (Å²) in [6.07, 6.45) is 0.412. The molecule has 3 N–H and O–H groups in total. The van der Waals surface area contributed by atoms with Crippen molar-refractivity contribution in [2.45, 2.75) is 39.9 Å². The Kier molecular flexibility index (Phi) is 3.68. The first-order chi connectivity index (χ1) is 8.51. The molecule has 0 spiro atoms. The average Bonchev–Trinajstić information content (AvgIpc) is 2.30. The van der Waals surface area contributed by atoms with Gasteiger partial charge in [-0.05, 0) is 27.7 Å². The van der Waals surface area contributed by atoms with Crippen molar-refractivity contribution in [1.82, 2.24) is 9.97 Å². The molecule has 2 heterocycles. The zero-order chi connectivity index (χ0) is 13.3. The summed E-state index contributed by atoms with van der Waals surface area (Å²) in [5.41, 5.74) is 3.61. The first-order valence-corrected chi connectivity index (χ1v) is 6.23. The molecule has 2 unspecified atom stereocenters. The van der Waals surface area contributed by atoms with E-state index in [2.05, 4.69) is 34.1 Å². The summed E-state index contributed by atoms with van der Waals surface area (Å²) in [7, 11) is 0. The van der Waals surface area contributed by atoms with Crippen molar-refractivity contribution in [2.75, 3.05) is 23.4 Å². The van der Waals surface area contributed by atoms with Gasteiger partial charge in [0, 0.05) is 18.7 Å². The van der Waals surface area contributed by atoms with Gasteiger partial charge in [0.15, 0.2) is 0 Å². The molecule has 6 heteroatoms. The second-order valence-corrected chi connectivity index (χ2v) is 4.87. The Morgan fingerprint density at radius 3 is 2.39 bits per heavy atom. The van der Waals surface area contributed by atoms with Gasteiger partial charge in [-0.25, -0.2) is 15.8 Å². The number of hydrogen-bond donors (Lipinski definition) is 2. The maximum Gasteiger partial charge on any atom is 0.148 e. The van der Waals surface area contributed by atoms with Crippen LogP contribution in [-0.2, 0) is 4.74 Å². The molecule has 18 heavy (non-hydrogen) atoms. The number of morpholine rings is 1. The smallest absolute Gasteiger partial charge is 0.148 e. The Bertz CT molecular complexity index is 427. The van der Waals surface area contributed by atoms with Crippen molar-refractivity contribution >= 4 is 11.6 Å². The van der Waals surface area contributed by atoms with E-state index >= 15 is 0 Å². The lowest BCUT2D eigenvalue weighted by atomic mass is 10.2. The molecule has 0 amide bonds. The van der Waals surface area contributed by atoms with Crippen molar-refractivity contribution in [1.29, 1.82) is 0 Å². The molecule has 2 rings (SSSR count). The average molecular weight is 251 g/mol. The van der Waals surface area contributed by atoms with Gasteiger partial charge in [-0.3, -0.25) is 0 Å². The maximum absolute atomic E-state index is 5.74. The summed E-state index contributed by atoms with van der Waals surface area (Å²) in [6, 6.07) is 0. The number of ether oxygens (including phenoxy) is 1. The van der Waals surface area contributed by atoms with E-state index in [1.807, 2.05) is 13.8 Å². The van der Waals surface area contributed by atoms with Crippen LogP contribution in [-0.4, -0.2) is 35.3 Å². The Balaban J connectivity index is 2.35. The van der Waals surface area contributed by atoms with E-state index in [-0.39, 0.29) is 12.2 Å². The first-order valence-electron chi connectivity index (χ1n) is 6.23. The Morgan fingerprint density at radius 1 is 1.22 bits per heavy atom. The normalized spacial score (nSPS) is 24.2. The Morgan fingerprint density at radius 2 is 1.83 bits per heavy atom. The lowest BCUT2D eigenvalue weighted by Crippen LogP contribution is -2.46. The molecule has 1 aromatic rings. The summed E-state index contributed by atoms with van der Waals surface area (Å²) in [4.78, 5) is 11.1. The topological polar surface area (TPSA) is 76.3 Å². The molecule has 2 atom stereocenters. The van der Waals surface area contributed by atoms with Gasteiger partial charge in [-0.2, -0.15) is 0 Å². The van der Waals surface area contributed by atoms with Gasteiger partial charge in [0.05, 0.1) is 12.2 Å². The fraction of sp³-hybridized carbons (Fsp3) is 0.667. The van der Waals surface area contributed by atoms with Crippen molar-refractivity contribution in [2.24, 2.45) is 5.84 Å². The quantitative estimate of drug-likeness (QED) is 0.603. The lowest BCUT2D eigenvalue weighted by molar-refractivity contribution is -0.00550. The number of nitrogens with zero attached hydrogens (tertiary/aromatic N) is 3. The molecule has 1 fully saturated rings. The van der Waals surface area contributed by atoms with Crippen LogP contribution in [0.2, 0.25) is 0 Å². The van der Waals surface area contributed by atoms with Gasteiger partial charge in [-0.1, -0.05) is 0 Å². The minimum Gasteiger partial charge on any atom is -0.372 e. The number of hydrazine groups is 1. The van der Waals surface area contributed by atoms with Crippen LogP contribution in [0.1, 0.15) is 25.2 Å². The molecular formula is C12H21N5O. The predicted molar refractivity (Wildman–Crippen MR) is 71.5 cm³/mol. The zero-order valence-electron chi connectivity index (χ0n) is 11.4. The van der Waals surface area contributed by atoms with Gasteiger partial charge >= 0.3 is 0 Å². The second-order valence-electron chi connectivity index (χ2n) is 4.87. The van der Waals surface area contributed by atoms with Gasteiger partial charge < -0.3 is 15.1 Å². The summed E-state index contributed by atoms with van der Waals surface area (Å²) in [5, 5.41) is 0. The van der Waals surface area contributed by atoms with E-state index in [4.69, 9.17) is 10.6 Å². The zero-order valence-corrected chi connectivity index (χ0v) is 11.4. The van der Waals surface area contributed by atoms with Gasteiger partial charge in [0.1, 0.15) is 17.5 Å². The van der Waals surface area contributed by atoms with Crippen LogP contribution in [0, 0.1) is 13.8 Å². The van der Waals surface area contributed by atoms with Crippen LogP contribution >= 0.6 is 0 Å². The van der Waals surface area contributed by atoms with Gasteiger partial charge in [0.25, 0.3) is 0 Å². The molecule has 0 radical (unpaired) electrons. The van der Waals surface area contributed by atoms with E-state index < -0.39 is 0 Å². The third-order valence-corrected chi connectivity index (χ3v) is 3.09. The number of nitrogens with two attached hydrogens (primary N) is 1. The fourth-order valence-electron chi connectivity index (χ4n) is 2.41. The number of anilines is 2. The minimum absolute atomic E-state index is 0.206. The second kappa shape index (κ2) is 5.07. The number of aryl methyl sites for hydroxylation is 1. The summed E-state index contributed by atoms with van der Waals surface area (Å²) < 4.78 is 5.74. The molecule has 1 aliphatic rings. The van der Waals surface area contributed by atoms with Crippen molar-refractivity contribution < 1.29 is 4.74 Å². The maximum atomic E-state index is 5.74. The molecule has 0 bridgehead atoms. The van der Waals surface area contributed by atoms with Crippen LogP contribution in [0.4, 0.5) is 11.6 Å².